The van der Waals surface area contributed by atoms with Gasteiger partial charge < -0.3 is 5.11 Å². The lowest BCUT2D eigenvalue weighted by molar-refractivity contribution is 0.0303. The smallest absolute Gasteiger partial charge is 0.0639 e. The van der Waals surface area contributed by atoms with E-state index in [1.807, 2.05) is 6.92 Å². The maximum Gasteiger partial charge on any atom is 0.0639 e. The number of β-amino-alcohol motifs (C(OH)–C–C–N with tert-alkyl or cyclic N) is 1. The van der Waals surface area contributed by atoms with E-state index >= 15 is 0 Å². The summed E-state index contributed by atoms with van der Waals surface area (Å²) in [4.78, 5) is 4.95. The minimum Gasteiger partial charge on any atom is -0.392 e. The highest BCUT2D eigenvalue weighted by Crippen LogP contribution is 2.16. The second-order valence-electron chi connectivity index (χ2n) is 5.05. The van der Waals surface area contributed by atoms with Gasteiger partial charge in [-0.25, -0.2) is 0 Å². The Hall–Kier alpha value is -0.120. The van der Waals surface area contributed by atoms with Crippen molar-refractivity contribution in [1.29, 1.82) is 0 Å². The average molecular weight is 214 g/mol. The van der Waals surface area contributed by atoms with Crippen LogP contribution in [0.15, 0.2) is 0 Å². The van der Waals surface area contributed by atoms with Crippen LogP contribution in [0.4, 0.5) is 0 Å². The highest BCUT2D eigenvalue weighted by atomic mass is 16.3. The van der Waals surface area contributed by atoms with E-state index in [-0.39, 0.29) is 6.10 Å². The molecule has 90 valence electrons. The first-order valence-corrected chi connectivity index (χ1v) is 6.19. The van der Waals surface area contributed by atoms with E-state index in [2.05, 4.69) is 30.6 Å². The van der Waals surface area contributed by atoms with Crippen molar-refractivity contribution in [3.63, 3.8) is 0 Å². The van der Waals surface area contributed by atoms with Gasteiger partial charge in [0.05, 0.1) is 6.10 Å². The molecule has 0 amide bonds. The van der Waals surface area contributed by atoms with Crippen LogP contribution in [0.5, 0.6) is 0 Å². The van der Waals surface area contributed by atoms with Gasteiger partial charge >= 0.3 is 0 Å². The maximum atomic E-state index is 9.40. The molecular weight excluding hydrogens is 188 g/mol. The lowest BCUT2D eigenvalue weighted by Gasteiger charge is -2.43. The van der Waals surface area contributed by atoms with E-state index in [0.29, 0.717) is 12.0 Å². The largest absolute Gasteiger partial charge is 0.392 e. The van der Waals surface area contributed by atoms with Gasteiger partial charge in [0, 0.05) is 32.2 Å². The van der Waals surface area contributed by atoms with Gasteiger partial charge in [0.25, 0.3) is 0 Å². The summed E-state index contributed by atoms with van der Waals surface area (Å²) in [7, 11) is 0. The molecule has 2 atom stereocenters. The zero-order chi connectivity index (χ0) is 11.4. The summed E-state index contributed by atoms with van der Waals surface area (Å²) in [6.45, 7) is 14.0. The van der Waals surface area contributed by atoms with Crippen molar-refractivity contribution >= 4 is 0 Å². The van der Waals surface area contributed by atoms with Crippen molar-refractivity contribution in [2.24, 2.45) is 5.92 Å². The fourth-order valence-corrected chi connectivity index (χ4v) is 2.47. The van der Waals surface area contributed by atoms with Crippen LogP contribution in [-0.2, 0) is 0 Å². The molecule has 3 heteroatoms. The van der Waals surface area contributed by atoms with Gasteiger partial charge in [-0.1, -0.05) is 20.8 Å². The lowest BCUT2D eigenvalue weighted by Crippen LogP contribution is -2.55. The van der Waals surface area contributed by atoms with Crippen LogP contribution >= 0.6 is 0 Å². The van der Waals surface area contributed by atoms with Crippen LogP contribution < -0.4 is 0 Å². The molecule has 3 nitrogen and oxygen atoms in total. The van der Waals surface area contributed by atoms with Crippen LogP contribution in [0.25, 0.3) is 0 Å². The van der Waals surface area contributed by atoms with Gasteiger partial charge in [-0.3, -0.25) is 9.80 Å². The number of nitrogens with zero attached hydrogens (tertiary/aromatic N) is 2. The molecule has 0 aromatic carbocycles. The van der Waals surface area contributed by atoms with E-state index < -0.39 is 0 Å². The fraction of sp³-hybridized carbons (Fsp3) is 1.00. The molecule has 1 aliphatic heterocycles. The zero-order valence-electron chi connectivity index (χ0n) is 10.6. The summed E-state index contributed by atoms with van der Waals surface area (Å²) in [6, 6.07) is 0.655. The summed E-state index contributed by atoms with van der Waals surface area (Å²) in [5.41, 5.74) is 0. The van der Waals surface area contributed by atoms with Gasteiger partial charge in [0.15, 0.2) is 0 Å². The second-order valence-corrected chi connectivity index (χ2v) is 5.05. The number of hydrogen-bond acceptors (Lipinski definition) is 3. The van der Waals surface area contributed by atoms with Crippen molar-refractivity contribution < 1.29 is 5.11 Å². The Morgan fingerprint density at radius 3 is 2.40 bits per heavy atom. The molecule has 0 saturated carbocycles. The number of aliphatic hydroxyl groups is 1. The van der Waals surface area contributed by atoms with E-state index in [1.165, 1.54) is 0 Å². The van der Waals surface area contributed by atoms with Crippen LogP contribution in [0, 0.1) is 5.92 Å². The zero-order valence-corrected chi connectivity index (χ0v) is 10.6. The average Bonchev–Trinajstić information content (AvgIpc) is 2.16. The molecule has 1 saturated heterocycles. The molecule has 1 N–H and O–H groups in total. The number of piperazine rings is 1. The van der Waals surface area contributed by atoms with Gasteiger partial charge in [-0.2, -0.15) is 0 Å². The van der Waals surface area contributed by atoms with Crippen molar-refractivity contribution in [1.82, 2.24) is 9.80 Å². The van der Waals surface area contributed by atoms with E-state index in [1.54, 1.807) is 0 Å². The normalized spacial score (nSPS) is 27.2. The van der Waals surface area contributed by atoms with Crippen molar-refractivity contribution in [3.05, 3.63) is 0 Å². The Labute approximate surface area is 94.1 Å². The molecule has 0 bridgehead atoms. The second kappa shape index (κ2) is 5.83. The number of rotatable bonds is 4. The third-order valence-electron chi connectivity index (χ3n) is 3.32. The topological polar surface area (TPSA) is 26.7 Å². The highest BCUT2D eigenvalue weighted by molar-refractivity contribution is 4.84. The minimum atomic E-state index is -0.203. The van der Waals surface area contributed by atoms with Crippen molar-refractivity contribution in [2.75, 3.05) is 32.7 Å². The molecule has 0 aliphatic carbocycles. The van der Waals surface area contributed by atoms with E-state index in [4.69, 9.17) is 0 Å². The molecule has 1 fully saturated rings. The molecule has 0 spiro atoms. The molecule has 0 radical (unpaired) electrons. The molecular formula is C12H26N2O. The summed E-state index contributed by atoms with van der Waals surface area (Å²) in [5, 5.41) is 9.40. The Morgan fingerprint density at radius 2 is 1.93 bits per heavy atom. The first-order valence-electron chi connectivity index (χ1n) is 6.19. The SMILES string of the molecule is CCN1CCN(CC(C)O)CC1C(C)C. The van der Waals surface area contributed by atoms with Gasteiger partial charge in [-0.15, -0.1) is 0 Å². The third-order valence-corrected chi connectivity index (χ3v) is 3.32. The maximum absolute atomic E-state index is 9.40. The number of likely N-dealkylation sites (N-methyl/N-ethyl adjacent to an activating group) is 1. The Bertz CT molecular complexity index is 182. The van der Waals surface area contributed by atoms with Gasteiger partial charge in [0.2, 0.25) is 0 Å². The van der Waals surface area contributed by atoms with Crippen LogP contribution in [0.3, 0.4) is 0 Å². The predicted molar refractivity (Wildman–Crippen MR) is 64.0 cm³/mol. The summed E-state index contributed by atoms with van der Waals surface area (Å²) < 4.78 is 0. The molecule has 1 heterocycles. The molecule has 15 heavy (non-hydrogen) atoms. The lowest BCUT2D eigenvalue weighted by atomic mass is 9.99. The molecule has 0 aromatic rings. The fourth-order valence-electron chi connectivity index (χ4n) is 2.47. The molecule has 1 rings (SSSR count). The molecule has 1 aliphatic rings. The first-order chi connectivity index (χ1) is 7.04. The van der Waals surface area contributed by atoms with Crippen molar-refractivity contribution in [2.45, 2.75) is 39.8 Å². The van der Waals surface area contributed by atoms with Crippen molar-refractivity contribution in [3.8, 4) is 0 Å². The van der Waals surface area contributed by atoms with Crippen LogP contribution in [-0.4, -0.2) is 59.8 Å². The monoisotopic (exact) mass is 214 g/mol. The Morgan fingerprint density at radius 1 is 1.27 bits per heavy atom. The Kier molecular flexibility index (Phi) is 5.03. The van der Waals surface area contributed by atoms with Crippen LogP contribution in [0.1, 0.15) is 27.7 Å². The summed E-state index contributed by atoms with van der Waals surface area (Å²) in [5.74, 6) is 0.696. The summed E-state index contributed by atoms with van der Waals surface area (Å²) in [6.07, 6.45) is -0.203. The van der Waals surface area contributed by atoms with E-state index in [0.717, 1.165) is 32.7 Å². The van der Waals surface area contributed by atoms with Gasteiger partial charge in [-0.05, 0) is 19.4 Å². The van der Waals surface area contributed by atoms with Gasteiger partial charge in [0.1, 0.15) is 0 Å². The third kappa shape index (κ3) is 3.74. The quantitative estimate of drug-likeness (QED) is 0.757. The first kappa shape index (κ1) is 12.9. The van der Waals surface area contributed by atoms with Crippen LogP contribution in [0.2, 0.25) is 0 Å². The molecule has 0 aromatic heterocycles. The summed E-state index contributed by atoms with van der Waals surface area (Å²) >= 11 is 0. The predicted octanol–water partition coefficient (Wildman–Crippen LogP) is 1.03. The molecule has 2 unspecified atom stereocenters. The number of aliphatic hydroxyl groups excluding tert-OH is 1. The highest BCUT2D eigenvalue weighted by Gasteiger charge is 2.28. The number of hydrogen-bond donors (Lipinski definition) is 1. The van der Waals surface area contributed by atoms with E-state index in [9.17, 15) is 5.11 Å². The minimum absolute atomic E-state index is 0.203. The Balaban J connectivity index is 2.50. The standard InChI is InChI=1S/C12H26N2O/c1-5-14-7-6-13(8-11(4)15)9-12(14)10(2)3/h10-12,15H,5-9H2,1-4H3.